The number of benzene rings is 1. The van der Waals surface area contributed by atoms with Gasteiger partial charge in [0.25, 0.3) is 0 Å². The lowest BCUT2D eigenvalue weighted by Crippen LogP contribution is -2.45. The molecule has 0 bridgehead atoms. The van der Waals surface area contributed by atoms with Crippen molar-refractivity contribution in [2.75, 3.05) is 19.7 Å². The fourth-order valence-electron chi connectivity index (χ4n) is 3.84. The molecule has 1 saturated carbocycles. The number of fused-ring (bicyclic) bond motifs is 1. The maximum atomic E-state index is 12.7. The van der Waals surface area contributed by atoms with Gasteiger partial charge in [0.05, 0.1) is 12.6 Å². The van der Waals surface area contributed by atoms with Crippen molar-refractivity contribution in [1.29, 1.82) is 0 Å². The summed E-state index contributed by atoms with van der Waals surface area (Å²) in [5.74, 6) is 0.598. The van der Waals surface area contributed by atoms with Crippen LogP contribution >= 0.6 is 0 Å². The highest BCUT2D eigenvalue weighted by atomic mass is 16.3. The van der Waals surface area contributed by atoms with Crippen molar-refractivity contribution in [3.63, 3.8) is 0 Å². The van der Waals surface area contributed by atoms with Gasteiger partial charge in [-0.15, -0.1) is 0 Å². The second kappa shape index (κ2) is 6.52. The van der Waals surface area contributed by atoms with Gasteiger partial charge in [-0.3, -0.25) is 0 Å². The van der Waals surface area contributed by atoms with Crippen LogP contribution in [0.15, 0.2) is 24.3 Å². The largest absolute Gasteiger partial charge is 0.395 e. The van der Waals surface area contributed by atoms with Crippen molar-refractivity contribution in [2.45, 2.75) is 45.6 Å². The Morgan fingerprint density at radius 2 is 2.13 bits per heavy atom. The van der Waals surface area contributed by atoms with Gasteiger partial charge in [-0.2, -0.15) is 0 Å². The summed E-state index contributed by atoms with van der Waals surface area (Å²) in [6.07, 6.45) is 4.36. The van der Waals surface area contributed by atoms with Crippen molar-refractivity contribution in [1.82, 2.24) is 10.2 Å². The highest BCUT2D eigenvalue weighted by molar-refractivity contribution is 5.75. The van der Waals surface area contributed by atoms with Gasteiger partial charge in [-0.1, -0.05) is 38.1 Å². The summed E-state index contributed by atoms with van der Waals surface area (Å²) in [4.78, 5) is 14.6. The van der Waals surface area contributed by atoms with E-state index < -0.39 is 0 Å². The standard InChI is InChI=1S/C19H28N2O2/c1-14(2)19(9-10-19)13-20-18(23)21(11-12-22)17-8-7-15-5-3-4-6-16(15)17/h3-6,14,17,22H,7-13H2,1-2H3,(H,20,23). The lowest BCUT2D eigenvalue weighted by Gasteiger charge is -2.30. The van der Waals surface area contributed by atoms with Crippen LogP contribution in [0.5, 0.6) is 0 Å². The number of aryl methyl sites for hydroxylation is 1. The van der Waals surface area contributed by atoms with Gasteiger partial charge >= 0.3 is 6.03 Å². The minimum Gasteiger partial charge on any atom is -0.395 e. The first-order valence-electron chi connectivity index (χ1n) is 8.80. The smallest absolute Gasteiger partial charge is 0.318 e. The molecule has 23 heavy (non-hydrogen) atoms. The Morgan fingerprint density at radius 1 is 1.39 bits per heavy atom. The summed E-state index contributed by atoms with van der Waals surface area (Å²) in [7, 11) is 0. The summed E-state index contributed by atoms with van der Waals surface area (Å²) in [6, 6.07) is 8.39. The van der Waals surface area contributed by atoms with Gasteiger partial charge in [0.2, 0.25) is 0 Å². The lowest BCUT2D eigenvalue weighted by atomic mass is 9.92. The summed E-state index contributed by atoms with van der Waals surface area (Å²) >= 11 is 0. The Kier molecular flexibility index (Phi) is 4.62. The molecule has 4 nitrogen and oxygen atoms in total. The van der Waals surface area contributed by atoms with Crippen molar-refractivity contribution in [2.24, 2.45) is 11.3 Å². The zero-order valence-corrected chi connectivity index (χ0v) is 14.2. The van der Waals surface area contributed by atoms with Crippen LogP contribution in [0.25, 0.3) is 0 Å². The highest BCUT2D eigenvalue weighted by Crippen LogP contribution is 2.51. The summed E-state index contributed by atoms with van der Waals surface area (Å²) in [6.45, 7) is 5.61. The molecule has 0 heterocycles. The zero-order valence-electron chi connectivity index (χ0n) is 14.2. The molecular formula is C19H28N2O2. The third-order valence-corrected chi connectivity index (χ3v) is 5.79. The van der Waals surface area contributed by atoms with Gasteiger partial charge in [0, 0.05) is 13.1 Å². The van der Waals surface area contributed by atoms with E-state index in [-0.39, 0.29) is 18.7 Å². The maximum absolute atomic E-state index is 12.7. The van der Waals surface area contributed by atoms with E-state index in [0.29, 0.717) is 17.9 Å². The molecule has 3 rings (SSSR count). The molecule has 0 spiro atoms. The number of hydrogen-bond acceptors (Lipinski definition) is 2. The van der Waals surface area contributed by atoms with E-state index in [2.05, 4.69) is 37.4 Å². The Morgan fingerprint density at radius 3 is 2.78 bits per heavy atom. The molecule has 2 aliphatic rings. The van der Waals surface area contributed by atoms with Gasteiger partial charge < -0.3 is 15.3 Å². The van der Waals surface area contributed by atoms with Crippen molar-refractivity contribution >= 4 is 6.03 Å². The first-order valence-corrected chi connectivity index (χ1v) is 8.80. The van der Waals surface area contributed by atoms with E-state index in [9.17, 15) is 9.90 Å². The van der Waals surface area contributed by atoms with E-state index in [1.165, 1.54) is 24.0 Å². The monoisotopic (exact) mass is 316 g/mol. The second-order valence-electron chi connectivity index (χ2n) is 7.35. The van der Waals surface area contributed by atoms with E-state index in [4.69, 9.17) is 0 Å². The summed E-state index contributed by atoms with van der Waals surface area (Å²) in [5.41, 5.74) is 2.86. The molecule has 1 fully saturated rings. The number of rotatable bonds is 6. The van der Waals surface area contributed by atoms with Crippen LogP contribution in [0.1, 0.15) is 50.3 Å². The van der Waals surface area contributed by atoms with E-state index >= 15 is 0 Å². The molecular weight excluding hydrogens is 288 g/mol. The van der Waals surface area contributed by atoms with Crippen LogP contribution in [-0.4, -0.2) is 35.7 Å². The van der Waals surface area contributed by atoms with E-state index in [0.717, 1.165) is 19.4 Å². The fourth-order valence-corrected chi connectivity index (χ4v) is 3.84. The number of carbonyl (C=O) groups is 1. The summed E-state index contributed by atoms with van der Waals surface area (Å²) in [5, 5.41) is 12.5. The van der Waals surface area contributed by atoms with Gasteiger partial charge in [0.1, 0.15) is 0 Å². The molecule has 1 aromatic carbocycles. The number of urea groups is 1. The third-order valence-electron chi connectivity index (χ3n) is 5.79. The molecule has 4 heteroatoms. The highest BCUT2D eigenvalue weighted by Gasteiger charge is 2.45. The van der Waals surface area contributed by atoms with Crippen molar-refractivity contribution in [3.8, 4) is 0 Å². The number of carbonyl (C=O) groups excluding carboxylic acids is 1. The molecule has 2 N–H and O–H groups in total. The molecule has 2 amide bonds. The molecule has 1 unspecified atom stereocenters. The molecule has 0 aromatic heterocycles. The number of hydrogen-bond donors (Lipinski definition) is 2. The molecule has 0 aliphatic heterocycles. The minimum atomic E-state index is -0.0346. The van der Waals surface area contributed by atoms with Crippen molar-refractivity contribution in [3.05, 3.63) is 35.4 Å². The van der Waals surface area contributed by atoms with E-state index in [1.54, 1.807) is 0 Å². The van der Waals surface area contributed by atoms with Gasteiger partial charge in [0.15, 0.2) is 0 Å². The molecule has 1 atom stereocenters. The van der Waals surface area contributed by atoms with Gasteiger partial charge in [-0.25, -0.2) is 4.79 Å². The third kappa shape index (κ3) is 3.23. The average molecular weight is 316 g/mol. The molecule has 0 saturated heterocycles. The number of aliphatic hydroxyl groups is 1. The van der Waals surface area contributed by atoms with Crippen LogP contribution in [0.3, 0.4) is 0 Å². The van der Waals surface area contributed by atoms with Crippen LogP contribution in [0, 0.1) is 11.3 Å². The zero-order chi connectivity index (χ0) is 16.4. The number of aliphatic hydroxyl groups excluding tert-OH is 1. The normalized spacial score (nSPS) is 21.1. The van der Waals surface area contributed by atoms with Crippen LogP contribution in [0.2, 0.25) is 0 Å². The Labute approximate surface area is 138 Å². The van der Waals surface area contributed by atoms with E-state index in [1.807, 2.05) is 11.0 Å². The predicted molar refractivity (Wildman–Crippen MR) is 91.2 cm³/mol. The van der Waals surface area contributed by atoms with Crippen LogP contribution < -0.4 is 5.32 Å². The molecule has 126 valence electrons. The van der Waals surface area contributed by atoms with Crippen LogP contribution in [-0.2, 0) is 6.42 Å². The molecule has 2 aliphatic carbocycles. The minimum absolute atomic E-state index is 0.00140. The topological polar surface area (TPSA) is 52.6 Å². The number of nitrogens with zero attached hydrogens (tertiary/aromatic N) is 1. The van der Waals surface area contributed by atoms with Crippen molar-refractivity contribution < 1.29 is 9.90 Å². The first-order chi connectivity index (χ1) is 11.1. The summed E-state index contributed by atoms with van der Waals surface area (Å²) < 4.78 is 0. The predicted octanol–water partition coefficient (Wildman–Crippen LogP) is 3.11. The fraction of sp³-hybridized carbons (Fsp3) is 0.632. The number of nitrogens with one attached hydrogen (secondary N) is 1. The maximum Gasteiger partial charge on any atom is 0.318 e. The lowest BCUT2D eigenvalue weighted by molar-refractivity contribution is 0.148. The number of amides is 2. The Hall–Kier alpha value is -1.55. The van der Waals surface area contributed by atoms with Gasteiger partial charge in [-0.05, 0) is 48.1 Å². The average Bonchev–Trinajstić information content (AvgIpc) is 3.24. The Balaban J connectivity index is 1.68. The Bertz CT molecular complexity index is 566. The SMILES string of the molecule is CC(C)C1(CNC(=O)N(CCO)C2CCc3ccccc32)CC1. The quantitative estimate of drug-likeness (QED) is 0.847. The van der Waals surface area contributed by atoms with Crippen LogP contribution in [0.4, 0.5) is 4.79 Å². The molecule has 0 radical (unpaired) electrons. The second-order valence-corrected chi connectivity index (χ2v) is 7.35. The molecule has 1 aromatic rings. The first kappa shape index (κ1) is 16.3.